The predicted molar refractivity (Wildman–Crippen MR) is 97.2 cm³/mol. The molecule has 0 spiro atoms. The zero-order chi connectivity index (χ0) is 18.0. The second-order valence-electron chi connectivity index (χ2n) is 7.09. The van der Waals surface area contributed by atoms with E-state index in [1.54, 1.807) is 12.1 Å². The highest BCUT2D eigenvalue weighted by Crippen LogP contribution is 2.31. The van der Waals surface area contributed by atoms with Crippen molar-refractivity contribution in [2.24, 2.45) is 0 Å². The summed E-state index contributed by atoms with van der Waals surface area (Å²) in [5.41, 5.74) is 1.06. The summed E-state index contributed by atoms with van der Waals surface area (Å²) in [7, 11) is 2.05. The predicted octanol–water partition coefficient (Wildman–Crippen LogP) is 2.36. The summed E-state index contributed by atoms with van der Waals surface area (Å²) in [6, 6.07) is 5.13. The zero-order valence-corrected chi connectivity index (χ0v) is 15.0. The van der Waals surface area contributed by atoms with Crippen LogP contribution in [-0.4, -0.2) is 66.4 Å². The molecule has 1 aromatic carbocycles. The minimum atomic E-state index is -0.371. The second kappa shape index (κ2) is 7.39. The number of piperidine rings is 1. The third-order valence-electron chi connectivity index (χ3n) is 5.33. The molecule has 0 bridgehead atoms. The molecule has 1 amide bonds. The Morgan fingerprint density at radius 2 is 1.88 bits per heavy atom. The number of rotatable bonds is 3. The van der Waals surface area contributed by atoms with E-state index in [-0.39, 0.29) is 22.6 Å². The van der Waals surface area contributed by atoms with Gasteiger partial charge in [-0.1, -0.05) is 0 Å². The fourth-order valence-corrected chi connectivity index (χ4v) is 3.68. The molecule has 0 aliphatic carbocycles. The first-order chi connectivity index (χ1) is 12.0. The molecule has 2 aliphatic heterocycles. The number of hydrogen-bond acceptors (Lipinski definition) is 5. The molecule has 7 nitrogen and oxygen atoms in total. The van der Waals surface area contributed by atoms with Gasteiger partial charge in [0, 0.05) is 50.4 Å². The molecular weight excluding hydrogens is 320 g/mol. The molecule has 0 N–H and O–H groups in total. The van der Waals surface area contributed by atoms with Crippen LogP contribution in [0.25, 0.3) is 0 Å². The lowest BCUT2D eigenvalue weighted by atomic mass is 10.0. The summed E-state index contributed by atoms with van der Waals surface area (Å²) < 4.78 is 0. The number of nitro benzene ring substituents is 1. The largest absolute Gasteiger partial charge is 0.363 e. The number of likely N-dealkylation sites (tertiary alicyclic amines) is 1. The van der Waals surface area contributed by atoms with E-state index in [0.717, 1.165) is 52.0 Å². The molecule has 2 heterocycles. The molecule has 0 saturated carbocycles. The second-order valence-corrected chi connectivity index (χ2v) is 7.09. The number of nitrogens with zero attached hydrogens (tertiary/aromatic N) is 4. The smallest absolute Gasteiger partial charge is 0.293 e. The van der Waals surface area contributed by atoms with E-state index in [0.29, 0.717) is 11.3 Å². The van der Waals surface area contributed by atoms with Gasteiger partial charge < -0.3 is 14.7 Å². The topological polar surface area (TPSA) is 69.9 Å². The number of amides is 1. The Kier molecular flexibility index (Phi) is 5.22. The van der Waals surface area contributed by atoms with Crippen molar-refractivity contribution in [2.75, 3.05) is 44.7 Å². The first kappa shape index (κ1) is 17.7. The summed E-state index contributed by atoms with van der Waals surface area (Å²) in [6.07, 6.45) is 3.12. The number of benzene rings is 1. The lowest BCUT2D eigenvalue weighted by molar-refractivity contribution is -0.384. The summed E-state index contributed by atoms with van der Waals surface area (Å²) >= 11 is 0. The fraction of sp³-hybridized carbons (Fsp3) is 0.611. The standard InChI is InChI=1S/C18H26N4O3/c1-14-5-3-4-8-21(14)18(23)15-6-7-16(17(13-15)22(24)25)20-11-9-19(2)10-12-20/h6-7,13-14H,3-5,8-12H2,1-2H3. The molecule has 2 aliphatic rings. The molecule has 7 heteroatoms. The fourth-order valence-electron chi connectivity index (χ4n) is 3.68. The van der Waals surface area contributed by atoms with Crippen LogP contribution in [0.3, 0.4) is 0 Å². The van der Waals surface area contributed by atoms with Gasteiger partial charge in [0.25, 0.3) is 11.6 Å². The van der Waals surface area contributed by atoms with Gasteiger partial charge in [0.15, 0.2) is 0 Å². The maximum atomic E-state index is 12.8. The molecule has 1 unspecified atom stereocenters. The summed E-state index contributed by atoms with van der Waals surface area (Å²) in [5.74, 6) is -0.0970. The van der Waals surface area contributed by atoms with Crippen LogP contribution in [0.2, 0.25) is 0 Å². The van der Waals surface area contributed by atoms with Crippen molar-refractivity contribution < 1.29 is 9.72 Å². The highest BCUT2D eigenvalue weighted by molar-refractivity contribution is 5.96. The van der Waals surface area contributed by atoms with E-state index >= 15 is 0 Å². The molecule has 0 aromatic heterocycles. The number of nitro groups is 1. The molecule has 2 fully saturated rings. The van der Waals surface area contributed by atoms with Gasteiger partial charge in [0.1, 0.15) is 5.69 Å². The molecular formula is C18H26N4O3. The number of likely N-dealkylation sites (N-methyl/N-ethyl adjacent to an activating group) is 1. The third-order valence-corrected chi connectivity index (χ3v) is 5.33. The van der Waals surface area contributed by atoms with Gasteiger partial charge in [-0.15, -0.1) is 0 Å². The van der Waals surface area contributed by atoms with Crippen LogP contribution in [-0.2, 0) is 0 Å². The van der Waals surface area contributed by atoms with Crippen LogP contribution in [0.5, 0.6) is 0 Å². The molecule has 136 valence electrons. The van der Waals surface area contributed by atoms with Crippen LogP contribution in [0, 0.1) is 10.1 Å². The van der Waals surface area contributed by atoms with Crippen LogP contribution < -0.4 is 4.90 Å². The molecule has 2 saturated heterocycles. The first-order valence-corrected chi connectivity index (χ1v) is 9.00. The van der Waals surface area contributed by atoms with Crippen LogP contribution in [0.1, 0.15) is 36.5 Å². The SMILES string of the molecule is CC1CCCCN1C(=O)c1ccc(N2CCN(C)CC2)c([N+](=O)[O-])c1. The van der Waals surface area contributed by atoms with Gasteiger partial charge in [-0.25, -0.2) is 0 Å². The number of carbonyl (C=O) groups excluding carboxylic acids is 1. The first-order valence-electron chi connectivity index (χ1n) is 9.00. The normalized spacial score (nSPS) is 22.1. The average Bonchev–Trinajstić information content (AvgIpc) is 2.62. The van der Waals surface area contributed by atoms with E-state index in [9.17, 15) is 14.9 Å². The van der Waals surface area contributed by atoms with Gasteiger partial charge in [-0.3, -0.25) is 14.9 Å². The van der Waals surface area contributed by atoms with Crippen molar-refractivity contribution >= 4 is 17.3 Å². The minimum Gasteiger partial charge on any atom is -0.363 e. The van der Waals surface area contributed by atoms with Crippen molar-refractivity contribution in [3.8, 4) is 0 Å². The van der Waals surface area contributed by atoms with E-state index < -0.39 is 0 Å². The Hall–Kier alpha value is -2.15. The highest BCUT2D eigenvalue weighted by Gasteiger charge is 2.28. The van der Waals surface area contributed by atoms with Crippen molar-refractivity contribution in [3.63, 3.8) is 0 Å². The Balaban J connectivity index is 1.86. The highest BCUT2D eigenvalue weighted by atomic mass is 16.6. The number of piperazine rings is 1. The summed E-state index contributed by atoms with van der Waals surface area (Å²) in [6.45, 7) is 6.05. The van der Waals surface area contributed by atoms with Crippen molar-refractivity contribution in [3.05, 3.63) is 33.9 Å². The van der Waals surface area contributed by atoms with Crippen molar-refractivity contribution in [1.29, 1.82) is 0 Å². The van der Waals surface area contributed by atoms with Crippen molar-refractivity contribution in [1.82, 2.24) is 9.80 Å². The summed E-state index contributed by atoms with van der Waals surface area (Å²) in [4.78, 5) is 30.1. The number of carbonyl (C=O) groups is 1. The zero-order valence-electron chi connectivity index (χ0n) is 15.0. The maximum Gasteiger partial charge on any atom is 0.293 e. The van der Waals surface area contributed by atoms with Gasteiger partial charge in [-0.05, 0) is 45.4 Å². The van der Waals surface area contributed by atoms with Crippen LogP contribution in [0.15, 0.2) is 18.2 Å². The van der Waals surface area contributed by atoms with E-state index in [1.165, 1.54) is 6.07 Å². The maximum absolute atomic E-state index is 12.8. The Morgan fingerprint density at radius 3 is 2.52 bits per heavy atom. The number of anilines is 1. The van der Waals surface area contributed by atoms with E-state index in [2.05, 4.69) is 4.90 Å². The molecule has 1 atom stereocenters. The monoisotopic (exact) mass is 346 g/mol. The molecule has 25 heavy (non-hydrogen) atoms. The number of hydrogen-bond donors (Lipinski definition) is 0. The minimum absolute atomic E-state index is 0.0278. The lowest BCUT2D eigenvalue weighted by Gasteiger charge is -2.34. The van der Waals surface area contributed by atoms with Gasteiger partial charge in [-0.2, -0.15) is 0 Å². The molecule has 1 aromatic rings. The molecule has 3 rings (SSSR count). The third kappa shape index (κ3) is 3.76. The van der Waals surface area contributed by atoms with Gasteiger partial charge in [0.2, 0.25) is 0 Å². The van der Waals surface area contributed by atoms with Crippen LogP contribution in [0.4, 0.5) is 11.4 Å². The lowest BCUT2D eigenvalue weighted by Crippen LogP contribution is -2.44. The Morgan fingerprint density at radius 1 is 1.16 bits per heavy atom. The van der Waals surface area contributed by atoms with Gasteiger partial charge in [0.05, 0.1) is 4.92 Å². The van der Waals surface area contributed by atoms with E-state index in [4.69, 9.17) is 0 Å². The Labute approximate surface area is 148 Å². The average molecular weight is 346 g/mol. The van der Waals surface area contributed by atoms with Crippen molar-refractivity contribution in [2.45, 2.75) is 32.2 Å². The molecule has 0 radical (unpaired) electrons. The Bertz CT molecular complexity index is 656. The quantitative estimate of drug-likeness (QED) is 0.621. The summed E-state index contributed by atoms with van der Waals surface area (Å²) in [5, 5.41) is 11.6. The van der Waals surface area contributed by atoms with E-state index in [1.807, 2.05) is 23.8 Å². The van der Waals surface area contributed by atoms with Gasteiger partial charge >= 0.3 is 0 Å². The van der Waals surface area contributed by atoms with Crippen LogP contribution >= 0.6 is 0 Å².